The predicted molar refractivity (Wildman–Crippen MR) is 84.5 cm³/mol. The molecule has 0 spiro atoms. The summed E-state index contributed by atoms with van der Waals surface area (Å²) in [5, 5.41) is 10.3. The molecule has 4 nitrogen and oxygen atoms in total. The summed E-state index contributed by atoms with van der Waals surface area (Å²) in [5.41, 5.74) is 0.891. The summed E-state index contributed by atoms with van der Waals surface area (Å²) in [6.07, 6.45) is 0. The molecule has 0 amide bonds. The first-order valence-electron chi connectivity index (χ1n) is 6.02. The molecule has 0 aliphatic carbocycles. The third-order valence-corrected chi connectivity index (χ3v) is 4.18. The summed E-state index contributed by atoms with van der Waals surface area (Å²) in [6.45, 7) is 0. The molecule has 3 aromatic rings. The standard InChI is InChI=1S/C15H9BrClNO3/c16-11-3-1-10(7-12(11)17)21-9-2-4-13-8(5-9)6-14(18-13)15(19)20/h1-7,18H,(H,19,20). The summed E-state index contributed by atoms with van der Waals surface area (Å²) < 4.78 is 6.52. The Bertz CT molecular complexity index is 844. The third-order valence-electron chi connectivity index (χ3n) is 2.95. The summed E-state index contributed by atoms with van der Waals surface area (Å²) in [6, 6.07) is 12.2. The van der Waals surface area contributed by atoms with Crippen molar-refractivity contribution in [1.82, 2.24) is 4.98 Å². The topological polar surface area (TPSA) is 62.3 Å². The molecular formula is C15H9BrClNO3. The van der Waals surface area contributed by atoms with Gasteiger partial charge in [-0.25, -0.2) is 4.79 Å². The molecule has 2 N–H and O–H groups in total. The second-order valence-corrected chi connectivity index (χ2v) is 5.68. The van der Waals surface area contributed by atoms with Crippen LogP contribution in [0.25, 0.3) is 10.9 Å². The lowest BCUT2D eigenvalue weighted by atomic mass is 10.2. The van der Waals surface area contributed by atoms with E-state index in [0.29, 0.717) is 16.5 Å². The van der Waals surface area contributed by atoms with E-state index in [4.69, 9.17) is 21.4 Å². The molecule has 0 saturated heterocycles. The molecule has 0 saturated carbocycles. The number of H-pyrrole nitrogens is 1. The van der Waals surface area contributed by atoms with Crippen molar-refractivity contribution in [3.05, 3.63) is 57.7 Å². The lowest BCUT2D eigenvalue weighted by Gasteiger charge is -2.06. The number of nitrogens with one attached hydrogen (secondary N) is 1. The Morgan fingerprint density at radius 2 is 1.86 bits per heavy atom. The Balaban J connectivity index is 1.93. The van der Waals surface area contributed by atoms with Gasteiger partial charge in [0.2, 0.25) is 0 Å². The highest BCUT2D eigenvalue weighted by molar-refractivity contribution is 9.10. The number of carbonyl (C=O) groups is 1. The lowest BCUT2D eigenvalue weighted by molar-refractivity contribution is 0.0691. The predicted octanol–water partition coefficient (Wildman–Crippen LogP) is 5.07. The van der Waals surface area contributed by atoms with Crippen LogP contribution in [0, 0.1) is 0 Å². The lowest BCUT2D eigenvalue weighted by Crippen LogP contribution is -1.94. The Kier molecular flexibility index (Phi) is 3.61. The number of hydrogen-bond donors (Lipinski definition) is 2. The molecule has 3 rings (SSSR count). The van der Waals surface area contributed by atoms with E-state index in [2.05, 4.69) is 20.9 Å². The number of halogens is 2. The van der Waals surface area contributed by atoms with Gasteiger partial charge in [-0.15, -0.1) is 0 Å². The maximum atomic E-state index is 10.9. The fourth-order valence-corrected chi connectivity index (χ4v) is 2.38. The van der Waals surface area contributed by atoms with Gasteiger partial charge in [-0.3, -0.25) is 0 Å². The van der Waals surface area contributed by atoms with Gasteiger partial charge >= 0.3 is 5.97 Å². The van der Waals surface area contributed by atoms with E-state index in [9.17, 15) is 4.79 Å². The largest absolute Gasteiger partial charge is 0.477 e. The van der Waals surface area contributed by atoms with E-state index in [1.54, 1.807) is 42.5 Å². The van der Waals surface area contributed by atoms with E-state index >= 15 is 0 Å². The maximum Gasteiger partial charge on any atom is 0.352 e. The Morgan fingerprint density at radius 3 is 2.57 bits per heavy atom. The van der Waals surface area contributed by atoms with Crippen LogP contribution in [-0.2, 0) is 0 Å². The number of rotatable bonds is 3. The minimum Gasteiger partial charge on any atom is -0.477 e. The summed E-state index contributed by atoms with van der Waals surface area (Å²) in [7, 11) is 0. The van der Waals surface area contributed by atoms with E-state index in [1.807, 2.05) is 0 Å². The van der Waals surface area contributed by atoms with Gasteiger partial charge in [0.1, 0.15) is 17.2 Å². The first-order chi connectivity index (χ1) is 10.0. The van der Waals surface area contributed by atoms with Crippen LogP contribution in [0.2, 0.25) is 5.02 Å². The molecule has 0 aliphatic heterocycles. The van der Waals surface area contributed by atoms with E-state index in [1.165, 1.54) is 0 Å². The van der Waals surface area contributed by atoms with Gasteiger partial charge in [0.05, 0.1) is 5.02 Å². The molecule has 2 aromatic carbocycles. The van der Waals surface area contributed by atoms with Gasteiger partial charge in [0, 0.05) is 21.4 Å². The molecule has 0 fully saturated rings. The summed E-state index contributed by atoms with van der Waals surface area (Å²) in [5.74, 6) is 0.224. The Labute approximate surface area is 133 Å². The molecule has 6 heteroatoms. The van der Waals surface area contributed by atoms with Gasteiger partial charge in [0.25, 0.3) is 0 Å². The van der Waals surface area contributed by atoms with Crippen molar-refractivity contribution in [1.29, 1.82) is 0 Å². The van der Waals surface area contributed by atoms with Gasteiger partial charge in [-0.05, 0) is 52.3 Å². The molecule has 106 valence electrons. The second kappa shape index (κ2) is 5.42. The highest BCUT2D eigenvalue weighted by Gasteiger charge is 2.08. The zero-order valence-electron chi connectivity index (χ0n) is 10.6. The number of benzene rings is 2. The van der Waals surface area contributed by atoms with Gasteiger partial charge in [-0.1, -0.05) is 11.6 Å². The fourth-order valence-electron chi connectivity index (χ4n) is 1.97. The van der Waals surface area contributed by atoms with Crippen LogP contribution in [-0.4, -0.2) is 16.1 Å². The van der Waals surface area contributed by atoms with Crippen LogP contribution in [0.3, 0.4) is 0 Å². The first kappa shape index (κ1) is 14.0. The van der Waals surface area contributed by atoms with Gasteiger partial charge < -0.3 is 14.8 Å². The molecule has 0 aliphatic rings. The Morgan fingerprint density at radius 1 is 1.14 bits per heavy atom. The zero-order chi connectivity index (χ0) is 15.0. The Hall–Kier alpha value is -1.98. The number of carboxylic acids is 1. The molecule has 1 aromatic heterocycles. The summed E-state index contributed by atoms with van der Waals surface area (Å²) >= 11 is 9.33. The van der Waals surface area contributed by atoms with Crippen molar-refractivity contribution in [3.8, 4) is 11.5 Å². The highest BCUT2D eigenvalue weighted by atomic mass is 79.9. The fraction of sp³-hybridized carbons (Fsp3) is 0. The van der Waals surface area contributed by atoms with E-state index in [-0.39, 0.29) is 5.69 Å². The number of aromatic amines is 1. The number of aromatic carboxylic acids is 1. The van der Waals surface area contributed by atoms with Gasteiger partial charge in [-0.2, -0.15) is 0 Å². The van der Waals surface area contributed by atoms with Crippen LogP contribution in [0.15, 0.2) is 46.9 Å². The first-order valence-corrected chi connectivity index (χ1v) is 7.19. The smallest absolute Gasteiger partial charge is 0.352 e. The number of carboxylic acid groups (broad SMARTS) is 1. The third kappa shape index (κ3) is 2.89. The maximum absolute atomic E-state index is 10.9. The minimum absolute atomic E-state index is 0.147. The van der Waals surface area contributed by atoms with E-state index in [0.717, 1.165) is 15.4 Å². The molecule has 21 heavy (non-hydrogen) atoms. The molecule has 1 heterocycles. The number of hydrogen-bond acceptors (Lipinski definition) is 2. The van der Waals surface area contributed by atoms with Crippen LogP contribution >= 0.6 is 27.5 Å². The van der Waals surface area contributed by atoms with Crippen molar-refractivity contribution in [2.75, 3.05) is 0 Å². The monoisotopic (exact) mass is 365 g/mol. The highest BCUT2D eigenvalue weighted by Crippen LogP contribution is 2.31. The average molecular weight is 367 g/mol. The molecule has 0 atom stereocenters. The number of fused-ring (bicyclic) bond motifs is 1. The van der Waals surface area contributed by atoms with Crippen LogP contribution < -0.4 is 4.74 Å². The van der Waals surface area contributed by atoms with Crippen molar-refractivity contribution in [3.63, 3.8) is 0 Å². The van der Waals surface area contributed by atoms with Gasteiger partial charge in [0.15, 0.2) is 0 Å². The quantitative estimate of drug-likeness (QED) is 0.680. The number of aromatic nitrogens is 1. The van der Waals surface area contributed by atoms with E-state index < -0.39 is 5.97 Å². The van der Waals surface area contributed by atoms with Crippen LogP contribution in [0.5, 0.6) is 11.5 Å². The van der Waals surface area contributed by atoms with Crippen LogP contribution in [0.4, 0.5) is 0 Å². The minimum atomic E-state index is -0.992. The molecule has 0 bridgehead atoms. The second-order valence-electron chi connectivity index (χ2n) is 4.42. The molecular weight excluding hydrogens is 358 g/mol. The average Bonchev–Trinajstić information content (AvgIpc) is 2.86. The normalized spacial score (nSPS) is 10.8. The summed E-state index contributed by atoms with van der Waals surface area (Å²) in [4.78, 5) is 13.8. The van der Waals surface area contributed by atoms with Crippen molar-refractivity contribution in [2.24, 2.45) is 0 Å². The molecule has 0 radical (unpaired) electrons. The number of ether oxygens (including phenoxy) is 1. The van der Waals surface area contributed by atoms with Crippen molar-refractivity contribution >= 4 is 44.4 Å². The van der Waals surface area contributed by atoms with Crippen molar-refractivity contribution in [2.45, 2.75) is 0 Å². The molecule has 0 unspecified atom stereocenters. The van der Waals surface area contributed by atoms with Crippen molar-refractivity contribution < 1.29 is 14.6 Å². The zero-order valence-corrected chi connectivity index (χ0v) is 12.9. The SMILES string of the molecule is O=C(O)c1cc2cc(Oc3ccc(Br)c(Cl)c3)ccc2[nH]1. The van der Waals surface area contributed by atoms with Crippen LogP contribution in [0.1, 0.15) is 10.5 Å².